The van der Waals surface area contributed by atoms with Crippen molar-refractivity contribution in [3.8, 4) is 0 Å². The highest BCUT2D eigenvalue weighted by atomic mass is 79.9. The van der Waals surface area contributed by atoms with E-state index in [2.05, 4.69) is 22.5 Å². The van der Waals surface area contributed by atoms with Crippen molar-refractivity contribution >= 4 is 27.9 Å². The Kier molecular flexibility index (Phi) is 5.93. The van der Waals surface area contributed by atoms with Gasteiger partial charge >= 0.3 is 6.09 Å². The third-order valence-corrected chi connectivity index (χ3v) is 4.78. The van der Waals surface area contributed by atoms with Gasteiger partial charge in [-0.15, -0.1) is 0 Å². The average Bonchev–Trinajstić information content (AvgIpc) is 2.79. The molecule has 25 heavy (non-hydrogen) atoms. The SMILES string of the molecule is C=CCOC(=O)N1C(Cc2ccc(Br)cc2)C(=O)N(C)C1C(C)(C)C. The quantitative estimate of drug-likeness (QED) is 0.711. The number of halogens is 1. The first-order valence-corrected chi connectivity index (χ1v) is 9.03. The lowest BCUT2D eigenvalue weighted by molar-refractivity contribution is -0.129. The highest BCUT2D eigenvalue weighted by Crippen LogP contribution is 2.35. The minimum atomic E-state index is -0.576. The smallest absolute Gasteiger partial charge is 0.412 e. The Balaban J connectivity index is 2.35. The summed E-state index contributed by atoms with van der Waals surface area (Å²) in [6.45, 7) is 9.73. The van der Waals surface area contributed by atoms with Gasteiger partial charge < -0.3 is 9.64 Å². The third kappa shape index (κ3) is 4.24. The number of rotatable bonds is 4. The normalized spacial score (nSPS) is 20.8. The summed E-state index contributed by atoms with van der Waals surface area (Å²) in [7, 11) is 1.74. The van der Waals surface area contributed by atoms with Gasteiger partial charge in [0.2, 0.25) is 5.91 Å². The maximum absolute atomic E-state index is 12.9. The van der Waals surface area contributed by atoms with Crippen LogP contribution < -0.4 is 0 Å². The molecule has 1 heterocycles. The molecule has 0 aromatic heterocycles. The summed E-state index contributed by atoms with van der Waals surface area (Å²) >= 11 is 3.41. The molecule has 1 aromatic rings. The van der Waals surface area contributed by atoms with E-state index in [-0.39, 0.29) is 24.1 Å². The minimum Gasteiger partial charge on any atom is -0.445 e. The Bertz CT molecular complexity index is 652. The molecule has 0 N–H and O–H groups in total. The van der Waals surface area contributed by atoms with E-state index < -0.39 is 12.1 Å². The van der Waals surface area contributed by atoms with Crippen molar-refractivity contribution in [3.63, 3.8) is 0 Å². The zero-order chi connectivity index (χ0) is 18.8. The van der Waals surface area contributed by atoms with E-state index in [0.717, 1.165) is 10.0 Å². The van der Waals surface area contributed by atoms with E-state index in [1.165, 1.54) is 6.08 Å². The summed E-state index contributed by atoms with van der Waals surface area (Å²) in [5.74, 6) is -0.0709. The van der Waals surface area contributed by atoms with Gasteiger partial charge in [0.25, 0.3) is 0 Å². The predicted molar refractivity (Wildman–Crippen MR) is 101 cm³/mol. The van der Waals surface area contributed by atoms with Crippen molar-refractivity contribution < 1.29 is 14.3 Å². The highest BCUT2D eigenvalue weighted by Gasteiger charge is 2.51. The van der Waals surface area contributed by atoms with Crippen LogP contribution in [0.25, 0.3) is 0 Å². The summed E-state index contributed by atoms with van der Waals surface area (Å²) in [4.78, 5) is 28.8. The van der Waals surface area contributed by atoms with Gasteiger partial charge in [0.1, 0.15) is 18.8 Å². The molecular weight excluding hydrogens is 384 g/mol. The molecule has 0 saturated carbocycles. The number of ether oxygens (including phenoxy) is 1. The van der Waals surface area contributed by atoms with Gasteiger partial charge in [-0.1, -0.05) is 61.5 Å². The van der Waals surface area contributed by atoms with Crippen LogP contribution in [0.15, 0.2) is 41.4 Å². The standard InChI is InChI=1S/C19H25BrN2O3/c1-6-11-25-18(24)22-15(12-13-7-9-14(20)10-8-13)16(23)21(5)17(22)19(2,3)4/h6-10,15,17H,1,11-12H2,2-5H3. The Hall–Kier alpha value is -1.82. The largest absolute Gasteiger partial charge is 0.445 e. The van der Waals surface area contributed by atoms with E-state index in [9.17, 15) is 9.59 Å². The molecule has 1 saturated heterocycles. The fourth-order valence-electron chi connectivity index (χ4n) is 3.29. The van der Waals surface area contributed by atoms with Crippen LogP contribution >= 0.6 is 15.9 Å². The lowest BCUT2D eigenvalue weighted by atomic mass is 9.91. The Morgan fingerprint density at radius 1 is 1.32 bits per heavy atom. The van der Waals surface area contributed by atoms with E-state index in [1.807, 2.05) is 45.0 Å². The number of hydrogen-bond donors (Lipinski definition) is 0. The van der Waals surface area contributed by atoms with E-state index in [1.54, 1.807) is 16.8 Å². The van der Waals surface area contributed by atoms with Gasteiger partial charge in [-0.25, -0.2) is 4.79 Å². The number of likely N-dealkylation sites (N-methyl/N-ethyl adjacent to an activating group) is 1. The zero-order valence-electron chi connectivity index (χ0n) is 15.2. The van der Waals surface area contributed by atoms with Crippen LogP contribution in [0.3, 0.4) is 0 Å². The predicted octanol–water partition coefficient (Wildman–Crippen LogP) is 3.83. The molecule has 1 aliphatic rings. The molecule has 0 radical (unpaired) electrons. The number of amides is 2. The molecule has 2 atom stereocenters. The van der Waals surface area contributed by atoms with Crippen molar-refractivity contribution in [1.29, 1.82) is 0 Å². The molecule has 2 amide bonds. The maximum atomic E-state index is 12.9. The van der Waals surface area contributed by atoms with Gasteiger partial charge in [-0.3, -0.25) is 9.69 Å². The van der Waals surface area contributed by atoms with Gasteiger partial charge in [0, 0.05) is 23.4 Å². The molecule has 136 valence electrons. The maximum Gasteiger partial charge on any atom is 0.412 e. The highest BCUT2D eigenvalue weighted by molar-refractivity contribution is 9.10. The van der Waals surface area contributed by atoms with Crippen molar-refractivity contribution in [2.75, 3.05) is 13.7 Å². The summed E-state index contributed by atoms with van der Waals surface area (Å²) in [5, 5.41) is 0. The second-order valence-corrected chi connectivity index (χ2v) is 8.22. The van der Waals surface area contributed by atoms with Crippen LogP contribution in [-0.2, 0) is 16.0 Å². The average molecular weight is 409 g/mol. The van der Waals surface area contributed by atoms with Crippen molar-refractivity contribution in [2.24, 2.45) is 5.41 Å². The van der Waals surface area contributed by atoms with Crippen LogP contribution in [0.5, 0.6) is 0 Å². The topological polar surface area (TPSA) is 49.9 Å². The number of nitrogens with zero attached hydrogens (tertiary/aromatic N) is 2. The molecule has 0 spiro atoms. The lowest BCUT2D eigenvalue weighted by Crippen LogP contribution is -2.51. The van der Waals surface area contributed by atoms with E-state index in [4.69, 9.17) is 4.74 Å². The molecule has 5 nitrogen and oxygen atoms in total. The second kappa shape index (κ2) is 7.60. The molecule has 2 unspecified atom stereocenters. The van der Waals surface area contributed by atoms with E-state index in [0.29, 0.717) is 6.42 Å². The minimum absolute atomic E-state index is 0.0709. The number of carbonyl (C=O) groups is 2. The molecule has 1 aliphatic heterocycles. The first-order valence-electron chi connectivity index (χ1n) is 8.24. The summed E-state index contributed by atoms with van der Waals surface area (Å²) in [5.41, 5.74) is 0.692. The van der Waals surface area contributed by atoms with Crippen LogP contribution in [0, 0.1) is 5.41 Å². The molecular formula is C19H25BrN2O3. The second-order valence-electron chi connectivity index (χ2n) is 7.31. The van der Waals surface area contributed by atoms with Crippen LogP contribution in [-0.4, -0.2) is 47.7 Å². The fourth-order valence-corrected chi connectivity index (χ4v) is 3.56. The van der Waals surface area contributed by atoms with Crippen LogP contribution in [0.2, 0.25) is 0 Å². The number of benzene rings is 1. The molecule has 0 bridgehead atoms. The van der Waals surface area contributed by atoms with E-state index >= 15 is 0 Å². The van der Waals surface area contributed by atoms with Crippen LogP contribution in [0.1, 0.15) is 26.3 Å². The first-order chi connectivity index (χ1) is 11.7. The lowest BCUT2D eigenvalue weighted by Gasteiger charge is -2.38. The van der Waals surface area contributed by atoms with Crippen molar-refractivity contribution in [2.45, 2.75) is 39.4 Å². The summed E-state index contributed by atoms with van der Waals surface area (Å²) in [6, 6.07) is 7.19. The Morgan fingerprint density at radius 3 is 2.44 bits per heavy atom. The Labute approximate surface area is 157 Å². The zero-order valence-corrected chi connectivity index (χ0v) is 16.7. The molecule has 1 fully saturated rings. The third-order valence-electron chi connectivity index (χ3n) is 4.25. The van der Waals surface area contributed by atoms with Gasteiger partial charge in [-0.05, 0) is 17.7 Å². The summed E-state index contributed by atoms with van der Waals surface area (Å²) < 4.78 is 6.24. The summed E-state index contributed by atoms with van der Waals surface area (Å²) in [6.07, 6.45) is 1.12. The fraction of sp³-hybridized carbons (Fsp3) is 0.474. The van der Waals surface area contributed by atoms with Gasteiger partial charge in [-0.2, -0.15) is 0 Å². The monoisotopic (exact) mass is 408 g/mol. The van der Waals surface area contributed by atoms with Crippen LogP contribution in [0.4, 0.5) is 4.79 Å². The number of carbonyl (C=O) groups excluding carboxylic acids is 2. The molecule has 1 aromatic carbocycles. The van der Waals surface area contributed by atoms with Gasteiger partial charge in [0.05, 0.1) is 0 Å². The first kappa shape index (κ1) is 19.5. The molecule has 0 aliphatic carbocycles. The Morgan fingerprint density at radius 2 is 1.92 bits per heavy atom. The van der Waals surface area contributed by atoms with Gasteiger partial charge in [0.15, 0.2) is 0 Å². The molecule has 2 rings (SSSR count). The van der Waals surface area contributed by atoms with Crippen molar-refractivity contribution in [3.05, 3.63) is 47.0 Å². The molecule has 6 heteroatoms. The van der Waals surface area contributed by atoms with Crippen molar-refractivity contribution in [1.82, 2.24) is 9.80 Å². The number of hydrogen-bond acceptors (Lipinski definition) is 3.